The monoisotopic (exact) mass is 458 g/mol. The van der Waals surface area contributed by atoms with Gasteiger partial charge in [0.2, 0.25) is 0 Å². The zero-order valence-electron chi connectivity index (χ0n) is 21.6. The van der Waals surface area contributed by atoms with Crippen molar-refractivity contribution in [1.29, 1.82) is 0 Å². The molecule has 0 N–H and O–H groups in total. The topological polar surface area (TPSA) is 0 Å². The molecule has 0 saturated carbocycles. The van der Waals surface area contributed by atoms with Crippen LogP contribution >= 0.6 is 0 Å². The van der Waals surface area contributed by atoms with Gasteiger partial charge in [0.15, 0.2) is 0 Å². The molecule has 35 heavy (non-hydrogen) atoms. The third-order valence-corrected chi connectivity index (χ3v) is 5.95. The Kier molecular flexibility index (Phi) is 10.7. The van der Waals surface area contributed by atoms with Crippen molar-refractivity contribution in [3.8, 4) is 0 Å². The number of hydrogen-bond donors (Lipinski definition) is 0. The maximum Gasteiger partial charge on any atom is -0.00103 e. The zero-order chi connectivity index (χ0) is 25.8. The number of fused-ring (bicyclic) bond motifs is 5. The van der Waals surface area contributed by atoms with Crippen LogP contribution in [0.3, 0.4) is 0 Å². The first kappa shape index (κ1) is 27.3. The lowest BCUT2D eigenvalue weighted by molar-refractivity contribution is 1.24. The standard InChI is InChI=1S/C31H30.2C2H4/c1-5-7-8-13-25-21-31-28-16-15-24-12-9-10-14-26(24)27(28)17-18-29(31)30(25)20-23(4)19-22(3)11-6-2;2*1-2/h5-7,9-20H,4,8,21H2,1-3H3;2*1-2H2/b7-5+,11-6-,22-19+,25-13-,30-20+;;. The predicted molar refractivity (Wildman–Crippen MR) is 161 cm³/mol. The van der Waals surface area contributed by atoms with Gasteiger partial charge in [-0.3, -0.25) is 0 Å². The van der Waals surface area contributed by atoms with Crippen LogP contribution in [0.4, 0.5) is 0 Å². The fraction of sp³-hybridized carbons (Fsp3) is 0.143. The van der Waals surface area contributed by atoms with Gasteiger partial charge in [-0.05, 0) is 89.1 Å². The van der Waals surface area contributed by atoms with Crippen LogP contribution in [0.25, 0.3) is 27.1 Å². The number of benzene rings is 3. The average Bonchev–Trinajstić information content (AvgIpc) is 3.23. The van der Waals surface area contributed by atoms with Gasteiger partial charge in [-0.2, -0.15) is 0 Å². The molecule has 0 heteroatoms. The normalized spacial score (nSPS) is 15.3. The van der Waals surface area contributed by atoms with E-state index in [4.69, 9.17) is 0 Å². The Morgan fingerprint density at radius 3 is 2.29 bits per heavy atom. The number of allylic oxidation sites excluding steroid dienone is 11. The number of hydrogen-bond acceptors (Lipinski definition) is 0. The number of rotatable bonds is 5. The fourth-order valence-electron chi connectivity index (χ4n) is 4.58. The molecule has 0 amide bonds. The van der Waals surface area contributed by atoms with Crippen molar-refractivity contribution in [2.45, 2.75) is 33.6 Å². The summed E-state index contributed by atoms with van der Waals surface area (Å²) in [5.74, 6) is 0. The van der Waals surface area contributed by atoms with E-state index in [-0.39, 0.29) is 0 Å². The van der Waals surface area contributed by atoms with E-state index in [0.717, 1.165) is 18.4 Å². The molecular weight excluding hydrogens is 420 g/mol. The quantitative estimate of drug-likeness (QED) is 0.203. The summed E-state index contributed by atoms with van der Waals surface area (Å²) in [5, 5.41) is 5.33. The van der Waals surface area contributed by atoms with Crippen molar-refractivity contribution in [1.82, 2.24) is 0 Å². The first-order valence-corrected chi connectivity index (χ1v) is 12.1. The van der Waals surface area contributed by atoms with Crippen LogP contribution in [0.2, 0.25) is 0 Å². The zero-order valence-corrected chi connectivity index (χ0v) is 21.6. The summed E-state index contributed by atoms with van der Waals surface area (Å²) >= 11 is 0. The van der Waals surface area contributed by atoms with Crippen molar-refractivity contribution in [2.24, 2.45) is 0 Å². The predicted octanol–water partition coefficient (Wildman–Crippen LogP) is 10.5. The first-order chi connectivity index (χ1) is 17.1. The van der Waals surface area contributed by atoms with Crippen molar-refractivity contribution >= 4 is 27.1 Å². The van der Waals surface area contributed by atoms with Crippen molar-refractivity contribution in [2.75, 3.05) is 0 Å². The van der Waals surface area contributed by atoms with Gasteiger partial charge in [0.1, 0.15) is 0 Å². The minimum Gasteiger partial charge on any atom is -0.106 e. The summed E-state index contributed by atoms with van der Waals surface area (Å²) in [7, 11) is 0. The SMILES string of the molecule is C=C.C=C.C=C(/C=C(C)/C=C\C)/C=C1\C(=C/C/C=C/C)Cc2c1ccc1c2ccc2ccccc21. The summed E-state index contributed by atoms with van der Waals surface area (Å²) < 4.78 is 0. The lowest BCUT2D eigenvalue weighted by Gasteiger charge is -2.09. The van der Waals surface area contributed by atoms with Gasteiger partial charge in [0, 0.05) is 0 Å². The third-order valence-electron chi connectivity index (χ3n) is 5.95. The van der Waals surface area contributed by atoms with Gasteiger partial charge in [-0.1, -0.05) is 97.1 Å². The van der Waals surface area contributed by atoms with Crippen molar-refractivity contribution in [3.05, 3.63) is 152 Å². The molecule has 0 nitrogen and oxygen atoms in total. The van der Waals surface area contributed by atoms with Crippen LogP contribution in [0.15, 0.2) is 141 Å². The molecule has 0 fully saturated rings. The van der Waals surface area contributed by atoms with Crippen LogP contribution < -0.4 is 0 Å². The van der Waals surface area contributed by atoms with Crippen LogP contribution in [0.5, 0.6) is 0 Å². The summed E-state index contributed by atoms with van der Waals surface area (Å²) in [5.41, 5.74) is 7.73. The van der Waals surface area contributed by atoms with Crippen LogP contribution in [-0.2, 0) is 6.42 Å². The fourth-order valence-corrected chi connectivity index (χ4v) is 4.58. The first-order valence-electron chi connectivity index (χ1n) is 12.1. The Balaban J connectivity index is 0.00000103. The second-order valence-electron chi connectivity index (χ2n) is 8.21. The van der Waals surface area contributed by atoms with Gasteiger partial charge in [0.25, 0.3) is 0 Å². The van der Waals surface area contributed by atoms with Gasteiger partial charge < -0.3 is 0 Å². The molecule has 0 atom stereocenters. The van der Waals surface area contributed by atoms with E-state index in [1.165, 1.54) is 49.4 Å². The van der Waals surface area contributed by atoms with Gasteiger partial charge in [-0.15, -0.1) is 26.3 Å². The molecule has 0 spiro atoms. The minimum absolute atomic E-state index is 0.956. The molecule has 0 heterocycles. The Labute approximate surface area is 212 Å². The molecular formula is C35H38. The molecule has 1 aliphatic carbocycles. The molecule has 0 saturated heterocycles. The molecule has 0 radical (unpaired) electrons. The third kappa shape index (κ3) is 6.37. The highest BCUT2D eigenvalue weighted by molar-refractivity contribution is 6.10. The van der Waals surface area contributed by atoms with E-state index in [1.54, 1.807) is 0 Å². The van der Waals surface area contributed by atoms with E-state index in [9.17, 15) is 0 Å². The summed E-state index contributed by atoms with van der Waals surface area (Å²) in [4.78, 5) is 0. The van der Waals surface area contributed by atoms with E-state index in [2.05, 4.69) is 138 Å². The second kappa shape index (κ2) is 13.7. The van der Waals surface area contributed by atoms with E-state index in [1.807, 2.05) is 6.92 Å². The molecule has 0 aliphatic heterocycles. The Bertz CT molecular complexity index is 1330. The van der Waals surface area contributed by atoms with Crippen LogP contribution in [0.1, 0.15) is 38.3 Å². The molecule has 1 aliphatic rings. The summed E-state index contributed by atoms with van der Waals surface area (Å²) in [6, 6.07) is 17.8. The van der Waals surface area contributed by atoms with Crippen molar-refractivity contribution < 1.29 is 0 Å². The van der Waals surface area contributed by atoms with Gasteiger partial charge in [-0.25, -0.2) is 0 Å². The average molecular weight is 459 g/mol. The lowest BCUT2D eigenvalue weighted by atomic mass is 9.95. The highest BCUT2D eigenvalue weighted by atomic mass is 14.3. The molecule has 3 aromatic rings. The molecule has 3 aromatic carbocycles. The van der Waals surface area contributed by atoms with Crippen LogP contribution in [0, 0.1) is 0 Å². The van der Waals surface area contributed by atoms with Gasteiger partial charge >= 0.3 is 0 Å². The Hall–Kier alpha value is -3.90. The Morgan fingerprint density at radius 1 is 0.857 bits per heavy atom. The van der Waals surface area contributed by atoms with E-state index in [0.29, 0.717) is 0 Å². The summed E-state index contributed by atoms with van der Waals surface area (Å²) in [6.07, 6.45) is 17.2. The maximum atomic E-state index is 4.32. The van der Waals surface area contributed by atoms with E-state index >= 15 is 0 Å². The molecule has 178 valence electrons. The molecule has 4 rings (SSSR count). The molecule has 0 bridgehead atoms. The van der Waals surface area contributed by atoms with E-state index < -0.39 is 0 Å². The highest BCUT2D eigenvalue weighted by Gasteiger charge is 2.23. The van der Waals surface area contributed by atoms with Crippen molar-refractivity contribution in [3.63, 3.8) is 0 Å². The minimum atomic E-state index is 0.956. The van der Waals surface area contributed by atoms with Crippen LogP contribution in [-0.4, -0.2) is 0 Å². The largest absolute Gasteiger partial charge is 0.106 e. The second-order valence-corrected chi connectivity index (χ2v) is 8.21. The molecule has 0 unspecified atom stereocenters. The lowest BCUT2D eigenvalue weighted by Crippen LogP contribution is -1.86. The van der Waals surface area contributed by atoms with Gasteiger partial charge in [0.05, 0.1) is 0 Å². The maximum absolute atomic E-state index is 4.32. The smallest absolute Gasteiger partial charge is 0.00103 e. The Morgan fingerprint density at radius 2 is 1.57 bits per heavy atom. The summed E-state index contributed by atoms with van der Waals surface area (Å²) in [6.45, 7) is 22.6. The highest BCUT2D eigenvalue weighted by Crippen LogP contribution is 2.42. The molecule has 0 aromatic heterocycles.